The Morgan fingerprint density at radius 2 is 1.94 bits per heavy atom. The highest BCUT2D eigenvalue weighted by atomic mass is 16.2. The fraction of sp³-hybridized carbons (Fsp3) is 0.923. The Kier molecular flexibility index (Phi) is 3.24. The van der Waals surface area contributed by atoms with Gasteiger partial charge in [-0.25, -0.2) is 0 Å². The molecule has 2 fully saturated rings. The van der Waals surface area contributed by atoms with E-state index in [0.29, 0.717) is 17.8 Å². The average Bonchev–Trinajstić information content (AvgIpc) is 3.00. The molecular formula is C13H24N2O. The smallest absolute Gasteiger partial charge is 0.224 e. The van der Waals surface area contributed by atoms with Crippen LogP contribution in [0, 0.1) is 11.3 Å². The molecule has 1 saturated carbocycles. The first kappa shape index (κ1) is 11.9. The van der Waals surface area contributed by atoms with Gasteiger partial charge >= 0.3 is 0 Å². The maximum absolute atomic E-state index is 12.0. The van der Waals surface area contributed by atoms with Crippen molar-refractivity contribution in [3.63, 3.8) is 0 Å². The summed E-state index contributed by atoms with van der Waals surface area (Å²) in [4.78, 5) is 14.0. The third-order valence-corrected chi connectivity index (χ3v) is 4.11. The molecule has 1 atom stereocenters. The van der Waals surface area contributed by atoms with Crippen molar-refractivity contribution >= 4 is 5.91 Å². The summed E-state index contributed by atoms with van der Waals surface area (Å²) >= 11 is 0. The SMILES string of the molecule is CC1(C)CCN(C(=O)CC(N)C2CC2)CC1. The zero-order chi connectivity index (χ0) is 11.8. The van der Waals surface area contributed by atoms with Crippen LogP contribution in [0.1, 0.15) is 46.0 Å². The van der Waals surface area contributed by atoms with Crippen LogP contribution in [-0.2, 0) is 4.79 Å². The average molecular weight is 224 g/mol. The molecule has 1 unspecified atom stereocenters. The van der Waals surface area contributed by atoms with E-state index in [-0.39, 0.29) is 11.9 Å². The minimum Gasteiger partial charge on any atom is -0.343 e. The molecule has 0 spiro atoms. The first-order valence-corrected chi connectivity index (χ1v) is 6.51. The standard InChI is InChI=1S/C13H24N2O/c1-13(2)5-7-15(8-6-13)12(16)9-11(14)10-3-4-10/h10-11H,3-9,14H2,1-2H3. The highest BCUT2D eigenvalue weighted by Crippen LogP contribution is 2.34. The molecule has 2 N–H and O–H groups in total. The molecule has 3 heteroatoms. The van der Waals surface area contributed by atoms with Gasteiger partial charge in [0.2, 0.25) is 5.91 Å². The van der Waals surface area contributed by atoms with Crippen molar-refractivity contribution in [1.29, 1.82) is 0 Å². The topological polar surface area (TPSA) is 46.3 Å². The fourth-order valence-electron chi connectivity index (χ4n) is 2.38. The maximum Gasteiger partial charge on any atom is 0.224 e. The highest BCUT2D eigenvalue weighted by molar-refractivity contribution is 5.77. The summed E-state index contributed by atoms with van der Waals surface area (Å²) in [7, 11) is 0. The second-order valence-electron chi connectivity index (χ2n) is 6.25. The van der Waals surface area contributed by atoms with E-state index in [2.05, 4.69) is 13.8 Å². The molecule has 16 heavy (non-hydrogen) atoms. The minimum absolute atomic E-state index is 0.113. The Labute approximate surface area is 98.4 Å². The largest absolute Gasteiger partial charge is 0.343 e. The first-order chi connectivity index (χ1) is 7.48. The van der Waals surface area contributed by atoms with Crippen molar-refractivity contribution in [2.75, 3.05) is 13.1 Å². The van der Waals surface area contributed by atoms with E-state index < -0.39 is 0 Å². The first-order valence-electron chi connectivity index (χ1n) is 6.51. The highest BCUT2D eigenvalue weighted by Gasteiger charge is 2.33. The number of carbonyl (C=O) groups is 1. The summed E-state index contributed by atoms with van der Waals surface area (Å²) in [6.45, 7) is 6.40. The fourth-order valence-corrected chi connectivity index (χ4v) is 2.38. The Morgan fingerprint density at radius 1 is 1.38 bits per heavy atom. The van der Waals surface area contributed by atoms with Crippen LogP contribution in [0.25, 0.3) is 0 Å². The van der Waals surface area contributed by atoms with E-state index in [9.17, 15) is 4.79 Å². The number of hydrogen-bond donors (Lipinski definition) is 1. The quantitative estimate of drug-likeness (QED) is 0.794. The molecule has 0 aromatic heterocycles. The summed E-state index contributed by atoms with van der Waals surface area (Å²) in [5.41, 5.74) is 6.40. The Bertz CT molecular complexity index is 261. The summed E-state index contributed by atoms with van der Waals surface area (Å²) in [6.07, 6.45) is 5.25. The van der Waals surface area contributed by atoms with E-state index in [4.69, 9.17) is 5.73 Å². The lowest BCUT2D eigenvalue weighted by Crippen LogP contribution is -2.43. The minimum atomic E-state index is 0.113. The van der Waals surface area contributed by atoms with Gasteiger partial charge in [-0.15, -0.1) is 0 Å². The third-order valence-electron chi connectivity index (χ3n) is 4.11. The van der Waals surface area contributed by atoms with Crippen LogP contribution in [0.4, 0.5) is 0 Å². The molecule has 1 aliphatic heterocycles. The van der Waals surface area contributed by atoms with E-state index >= 15 is 0 Å². The van der Waals surface area contributed by atoms with E-state index in [1.165, 1.54) is 12.8 Å². The number of rotatable bonds is 3. The molecule has 1 aliphatic carbocycles. The molecule has 1 heterocycles. The van der Waals surface area contributed by atoms with Gasteiger partial charge in [-0.05, 0) is 37.0 Å². The lowest BCUT2D eigenvalue weighted by molar-refractivity contribution is -0.133. The lowest BCUT2D eigenvalue weighted by Gasteiger charge is -2.37. The molecule has 0 radical (unpaired) electrons. The molecule has 2 aliphatic rings. The van der Waals surface area contributed by atoms with Crippen LogP contribution in [0.3, 0.4) is 0 Å². The summed E-state index contributed by atoms with van der Waals surface area (Å²) < 4.78 is 0. The van der Waals surface area contributed by atoms with Crippen molar-refractivity contribution in [3.8, 4) is 0 Å². The number of nitrogens with two attached hydrogens (primary N) is 1. The van der Waals surface area contributed by atoms with Crippen LogP contribution >= 0.6 is 0 Å². The molecule has 3 nitrogen and oxygen atoms in total. The van der Waals surface area contributed by atoms with Crippen LogP contribution in [-0.4, -0.2) is 29.9 Å². The van der Waals surface area contributed by atoms with E-state index in [1.54, 1.807) is 0 Å². The van der Waals surface area contributed by atoms with Gasteiger partial charge in [0, 0.05) is 25.6 Å². The van der Waals surface area contributed by atoms with Crippen LogP contribution < -0.4 is 5.73 Å². The Morgan fingerprint density at radius 3 is 2.44 bits per heavy atom. The summed E-state index contributed by atoms with van der Waals surface area (Å²) in [5.74, 6) is 0.903. The zero-order valence-electron chi connectivity index (χ0n) is 10.5. The van der Waals surface area contributed by atoms with Gasteiger partial charge in [-0.2, -0.15) is 0 Å². The van der Waals surface area contributed by atoms with Gasteiger partial charge in [-0.1, -0.05) is 13.8 Å². The molecule has 2 rings (SSSR count). The maximum atomic E-state index is 12.0. The van der Waals surface area contributed by atoms with Gasteiger partial charge in [-0.3, -0.25) is 4.79 Å². The monoisotopic (exact) mass is 224 g/mol. The van der Waals surface area contributed by atoms with Gasteiger partial charge < -0.3 is 10.6 Å². The van der Waals surface area contributed by atoms with Crippen molar-refractivity contribution in [3.05, 3.63) is 0 Å². The molecule has 92 valence electrons. The number of amides is 1. The van der Waals surface area contributed by atoms with E-state index in [0.717, 1.165) is 25.9 Å². The molecule has 1 amide bonds. The zero-order valence-corrected chi connectivity index (χ0v) is 10.5. The molecule has 0 aromatic carbocycles. The summed E-state index contributed by atoms with van der Waals surface area (Å²) in [6, 6.07) is 0.113. The van der Waals surface area contributed by atoms with Gasteiger partial charge in [0.15, 0.2) is 0 Å². The van der Waals surface area contributed by atoms with Crippen molar-refractivity contribution in [2.45, 2.75) is 52.0 Å². The van der Waals surface area contributed by atoms with Crippen LogP contribution in [0.5, 0.6) is 0 Å². The normalized spacial score (nSPS) is 26.6. The van der Waals surface area contributed by atoms with Gasteiger partial charge in [0.05, 0.1) is 0 Å². The Balaban J connectivity index is 1.77. The number of likely N-dealkylation sites (tertiary alicyclic amines) is 1. The molecule has 0 aromatic rings. The molecule has 1 saturated heterocycles. The van der Waals surface area contributed by atoms with Gasteiger partial charge in [0.25, 0.3) is 0 Å². The number of piperidine rings is 1. The van der Waals surface area contributed by atoms with Crippen molar-refractivity contribution < 1.29 is 4.79 Å². The second kappa shape index (κ2) is 4.36. The van der Waals surface area contributed by atoms with Crippen LogP contribution in [0.2, 0.25) is 0 Å². The number of carbonyl (C=O) groups excluding carboxylic acids is 1. The Hall–Kier alpha value is -0.570. The van der Waals surface area contributed by atoms with Crippen molar-refractivity contribution in [1.82, 2.24) is 4.90 Å². The predicted octanol–water partition coefficient (Wildman–Crippen LogP) is 1.76. The molecular weight excluding hydrogens is 200 g/mol. The number of nitrogens with zero attached hydrogens (tertiary/aromatic N) is 1. The van der Waals surface area contributed by atoms with Crippen LogP contribution in [0.15, 0.2) is 0 Å². The van der Waals surface area contributed by atoms with Gasteiger partial charge in [0.1, 0.15) is 0 Å². The van der Waals surface area contributed by atoms with Crippen molar-refractivity contribution in [2.24, 2.45) is 17.1 Å². The third kappa shape index (κ3) is 2.97. The predicted molar refractivity (Wildman–Crippen MR) is 64.9 cm³/mol. The second-order valence-corrected chi connectivity index (χ2v) is 6.25. The number of hydrogen-bond acceptors (Lipinski definition) is 2. The summed E-state index contributed by atoms with van der Waals surface area (Å²) in [5, 5.41) is 0. The lowest BCUT2D eigenvalue weighted by atomic mass is 9.82. The molecule has 0 bridgehead atoms. The van der Waals surface area contributed by atoms with E-state index in [1.807, 2.05) is 4.90 Å².